The Hall–Kier alpha value is -4.35. The maximum atomic E-state index is 13.4. The van der Waals surface area contributed by atoms with E-state index in [0.29, 0.717) is 53.4 Å². The van der Waals surface area contributed by atoms with Crippen molar-refractivity contribution in [3.05, 3.63) is 83.0 Å². The second kappa shape index (κ2) is 31.5. The third-order valence-corrected chi connectivity index (χ3v) is 21.2. The number of carbonyl (C=O) groups excluding carboxylic acids is 1. The molecule has 16 nitrogen and oxygen atoms in total. The van der Waals surface area contributed by atoms with Crippen molar-refractivity contribution in [3.8, 4) is 23.0 Å². The van der Waals surface area contributed by atoms with Gasteiger partial charge in [-0.3, -0.25) is 0 Å². The highest BCUT2D eigenvalue weighted by molar-refractivity contribution is 6.76. The number of hydrogen-bond donors (Lipinski definition) is 2. The largest absolute Gasteiger partial charge is 0.497 e. The second-order valence-electron chi connectivity index (χ2n) is 25.1. The van der Waals surface area contributed by atoms with Gasteiger partial charge in [-0.25, -0.2) is 9.59 Å². The first-order chi connectivity index (χ1) is 37.6. The lowest BCUT2D eigenvalue weighted by molar-refractivity contribution is -0.148. The smallest absolute Gasteiger partial charge is 0.342 e. The van der Waals surface area contributed by atoms with E-state index < -0.39 is 46.0 Å². The molecule has 2 N–H and O–H groups in total. The number of ether oxygens (including phenoxy) is 11. The third kappa shape index (κ3) is 22.6. The molecular weight excluding hydrogens is 1070 g/mol. The van der Waals surface area contributed by atoms with Crippen LogP contribution < -0.4 is 18.9 Å². The Morgan fingerprint density at radius 2 is 1.09 bits per heavy atom. The Bertz CT molecular complexity index is 2410. The predicted octanol–water partition coefficient (Wildman–Crippen LogP) is 13.8. The highest BCUT2D eigenvalue weighted by atomic mass is 28.4. The fourth-order valence-electron chi connectivity index (χ4n) is 8.79. The molecule has 2 aliphatic rings. The van der Waals surface area contributed by atoms with Crippen LogP contribution in [0.3, 0.4) is 0 Å². The summed E-state index contributed by atoms with van der Waals surface area (Å²) in [5.74, 6) is -0.976. The van der Waals surface area contributed by atoms with Gasteiger partial charge in [-0.15, -0.1) is 0 Å². The Morgan fingerprint density at radius 1 is 0.654 bits per heavy atom. The highest BCUT2D eigenvalue weighted by Crippen LogP contribution is 2.40. The molecule has 0 amide bonds. The molecule has 0 saturated carbocycles. The highest BCUT2D eigenvalue weighted by Gasteiger charge is 2.44. The van der Waals surface area contributed by atoms with Gasteiger partial charge in [-0.05, 0) is 114 Å². The number of carboxylic acid groups (broad SMARTS) is 1. The lowest BCUT2D eigenvalue weighted by Gasteiger charge is -2.39. The Morgan fingerprint density at radius 3 is 1.48 bits per heavy atom. The van der Waals surface area contributed by atoms with E-state index in [1.165, 1.54) is 27.4 Å². The molecule has 0 radical (unpaired) electrons. The number of carbonyl (C=O) groups is 2. The predicted molar refractivity (Wildman–Crippen MR) is 326 cm³/mol. The van der Waals surface area contributed by atoms with Gasteiger partial charge in [0.1, 0.15) is 34.1 Å². The minimum absolute atomic E-state index is 0.0132. The molecule has 0 aliphatic carbocycles. The molecule has 0 spiro atoms. The quantitative estimate of drug-likeness (QED) is 0.0339. The maximum Gasteiger partial charge on any atom is 0.342 e. The zero-order valence-corrected chi connectivity index (χ0v) is 55.1. The van der Waals surface area contributed by atoms with E-state index in [1.807, 2.05) is 71.1 Å². The SMILES string of the molecule is COCOc1cc(OC)cc(/C=C/C[C@@H]2OC(C)(C)O[C@@H]2C(C)/C=C\[C@H](C)[C@H](C)O)c1C(=O)O.COCOc1cc(OC)cc(/C=C/C[C@@H]2OC(C)(C)O[C@@H]2C(C)/C=C\[C@H](C)[C@H](C)O[Si](C)(C)C(C)(C)C)c1C(=O)OCC[Si](C)(C)C. The molecule has 2 saturated heterocycles. The maximum absolute atomic E-state index is 13.4. The Balaban J connectivity index is 0.000000447. The molecule has 18 heteroatoms. The fraction of sp³-hybridized carbons (Fsp3) is 0.651. The van der Waals surface area contributed by atoms with Crippen LogP contribution in [-0.4, -0.2) is 135 Å². The molecule has 2 unspecified atom stereocenters. The van der Waals surface area contributed by atoms with Gasteiger partial charge in [0, 0.05) is 52.4 Å². The van der Waals surface area contributed by atoms with Crippen molar-refractivity contribution in [2.45, 2.75) is 195 Å². The molecule has 10 atom stereocenters. The van der Waals surface area contributed by atoms with Crippen LogP contribution >= 0.6 is 0 Å². The zero-order valence-electron chi connectivity index (χ0n) is 53.1. The monoisotopic (exact) mass is 1170 g/mol. The molecule has 81 heavy (non-hydrogen) atoms. The van der Waals surface area contributed by atoms with Crippen LogP contribution in [0.15, 0.2) is 60.7 Å². The molecule has 4 rings (SSSR count). The molecule has 458 valence electrons. The molecule has 2 heterocycles. The number of carboxylic acids is 1. The van der Waals surface area contributed by atoms with E-state index in [0.717, 1.165) is 6.04 Å². The number of hydrogen-bond acceptors (Lipinski definition) is 15. The summed E-state index contributed by atoms with van der Waals surface area (Å²) in [6.07, 6.45) is 16.1. The number of aliphatic hydroxyl groups is 1. The van der Waals surface area contributed by atoms with Crippen molar-refractivity contribution in [3.63, 3.8) is 0 Å². The van der Waals surface area contributed by atoms with Gasteiger partial charge in [0.15, 0.2) is 33.5 Å². The minimum atomic E-state index is -1.86. The van der Waals surface area contributed by atoms with Gasteiger partial charge >= 0.3 is 11.9 Å². The van der Waals surface area contributed by atoms with Gasteiger partial charge in [0.05, 0.1) is 51.3 Å². The van der Waals surface area contributed by atoms with Crippen LogP contribution in [-0.2, 0) is 37.6 Å². The summed E-state index contributed by atoms with van der Waals surface area (Å²) in [6.45, 7) is 38.4. The van der Waals surface area contributed by atoms with E-state index in [-0.39, 0.29) is 84.1 Å². The van der Waals surface area contributed by atoms with Crippen molar-refractivity contribution < 1.29 is 76.3 Å². The van der Waals surface area contributed by atoms with Gasteiger partial charge in [-0.2, -0.15) is 0 Å². The average Bonchev–Trinajstić information content (AvgIpc) is 3.88. The summed E-state index contributed by atoms with van der Waals surface area (Å²) in [4.78, 5) is 25.4. The summed E-state index contributed by atoms with van der Waals surface area (Å²) >= 11 is 0. The minimum Gasteiger partial charge on any atom is -0.497 e. The van der Waals surface area contributed by atoms with Crippen LogP contribution in [0.1, 0.15) is 135 Å². The fourth-order valence-corrected chi connectivity index (χ4v) is 11.0. The molecule has 0 aromatic heterocycles. The van der Waals surface area contributed by atoms with Crippen molar-refractivity contribution in [1.82, 2.24) is 0 Å². The van der Waals surface area contributed by atoms with E-state index in [9.17, 15) is 19.8 Å². The number of methoxy groups -OCH3 is 4. The molecule has 2 fully saturated rings. The first-order valence-electron chi connectivity index (χ1n) is 28.4. The van der Waals surface area contributed by atoms with Gasteiger partial charge in [0.25, 0.3) is 0 Å². The van der Waals surface area contributed by atoms with E-state index >= 15 is 0 Å². The first kappa shape index (κ1) is 70.9. The lowest BCUT2D eigenvalue weighted by Crippen LogP contribution is -2.44. The second-order valence-corrected chi connectivity index (χ2v) is 35.5. The topological polar surface area (TPSA) is 185 Å². The first-order valence-corrected chi connectivity index (χ1v) is 35.1. The van der Waals surface area contributed by atoms with E-state index in [4.69, 9.17) is 56.5 Å². The summed E-state index contributed by atoms with van der Waals surface area (Å²) in [5, 5.41) is 19.7. The molecular formula is C63H102O16Si2. The summed E-state index contributed by atoms with van der Waals surface area (Å²) in [5.41, 5.74) is 1.46. The number of esters is 1. The number of benzene rings is 2. The van der Waals surface area contributed by atoms with Crippen LogP contribution in [0, 0.1) is 23.7 Å². The van der Waals surface area contributed by atoms with Crippen LogP contribution in [0.2, 0.25) is 43.8 Å². The average molecular weight is 1170 g/mol. The molecule has 2 aliphatic heterocycles. The van der Waals surface area contributed by atoms with Gasteiger partial charge in [-0.1, -0.05) is 117 Å². The molecule has 2 aromatic carbocycles. The molecule has 0 bridgehead atoms. The van der Waals surface area contributed by atoms with Gasteiger partial charge < -0.3 is 66.7 Å². The van der Waals surface area contributed by atoms with Crippen LogP contribution in [0.4, 0.5) is 0 Å². The number of aliphatic hydroxyl groups excluding tert-OH is 1. The van der Waals surface area contributed by atoms with E-state index in [2.05, 4.69) is 93.4 Å². The zero-order chi connectivity index (χ0) is 61.3. The Kier molecular flexibility index (Phi) is 27.6. The molecule has 2 aromatic rings. The van der Waals surface area contributed by atoms with Crippen molar-refractivity contribution in [2.75, 3.05) is 48.6 Å². The van der Waals surface area contributed by atoms with Crippen LogP contribution in [0.5, 0.6) is 23.0 Å². The van der Waals surface area contributed by atoms with Crippen molar-refractivity contribution in [2.24, 2.45) is 23.7 Å². The number of aromatic carboxylic acids is 1. The summed E-state index contributed by atoms with van der Waals surface area (Å²) in [7, 11) is 2.84. The van der Waals surface area contributed by atoms with E-state index in [1.54, 1.807) is 32.2 Å². The normalized spacial score (nSPS) is 21.6. The standard InChI is InChI=1S/C37H64O8Si2.C26H38O8/c1-26(28(3)45-47(14,15)36(4,5)6)19-20-27(2)34-31(43-37(7,8)44-34)18-16-17-29-23-30(40-10)24-32(42-25-39-9)33(29)35(38)41-21-22-46(11,12)13;1-16(18(3)27)11-12-17(2)24-21(33-26(4,5)34-24)10-8-9-19-13-20(31-7)14-22(32-15-30-6)23(19)25(28)29/h16-17,19-20,23-24,26-28,31,34H,18,21-22,25H2,1-15H3;8-9,11-14,16-18,21,24,27H,10,15H2,1-7H3,(H,28,29)/b17-16+,20-19-;9-8+,12-11-/t26-,27?,28-,31-,34+;16-,17?,18-,21-,24+/m00/s1. The third-order valence-electron chi connectivity index (χ3n) is 14.9. The Labute approximate surface area is 487 Å². The summed E-state index contributed by atoms with van der Waals surface area (Å²) < 4.78 is 69.7. The lowest BCUT2D eigenvalue weighted by atomic mass is 9.94. The van der Waals surface area contributed by atoms with Crippen molar-refractivity contribution >= 4 is 40.5 Å². The van der Waals surface area contributed by atoms with Crippen molar-refractivity contribution in [1.29, 1.82) is 0 Å². The number of rotatable bonds is 29. The van der Waals surface area contributed by atoms with Crippen LogP contribution in [0.25, 0.3) is 12.2 Å². The summed E-state index contributed by atoms with van der Waals surface area (Å²) in [6, 6.07) is 7.55. The van der Waals surface area contributed by atoms with Gasteiger partial charge in [0.2, 0.25) is 0 Å².